The highest BCUT2D eigenvalue weighted by molar-refractivity contribution is 5.97. The van der Waals surface area contributed by atoms with E-state index in [1.807, 2.05) is 0 Å². The predicted octanol–water partition coefficient (Wildman–Crippen LogP) is 1.09. The molecule has 112 valence electrons. The Morgan fingerprint density at radius 1 is 1.24 bits per heavy atom. The van der Waals surface area contributed by atoms with Crippen LogP contribution >= 0.6 is 0 Å². The lowest BCUT2D eigenvalue weighted by Gasteiger charge is -2.26. The molecule has 1 unspecified atom stereocenters. The van der Waals surface area contributed by atoms with Crippen molar-refractivity contribution in [2.24, 2.45) is 5.92 Å². The fourth-order valence-corrected chi connectivity index (χ4v) is 3.41. The van der Waals surface area contributed by atoms with Crippen LogP contribution in [0.25, 0.3) is 0 Å². The number of rotatable bonds is 2. The maximum absolute atomic E-state index is 11.5. The van der Waals surface area contributed by atoms with Crippen molar-refractivity contribution in [3.05, 3.63) is 17.0 Å². The maximum Gasteiger partial charge on any atom is 0.226 e. The first kappa shape index (κ1) is 14.0. The van der Waals surface area contributed by atoms with Crippen LogP contribution < -0.4 is 11.1 Å². The summed E-state index contributed by atoms with van der Waals surface area (Å²) in [7, 11) is 0. The third-order valence-corrected chi connectivity index (χ3v) is 4.38. The minimum absolute atomic E-state index is 0.0156. The van der Waals surface area contributed by atoms with Crippen molar-refractivity contribution in [2.75, 3.05) is 5.73 Å². The van der Waals surface area contributed by atoms with E-state index in [9.17, 15) is 9.59 Å². The molecule has 0 radical (unpaired) electrons. The molecule has 0 bridgehead atoms. The largest absolute Gasteiger partial charge is 0.368 e. The number of nitrogen functional groups attached to an aromatic ring is 1. The minimum atomic E-state index is -0.194. The van der Waals surface area contributed by atoms with Crippen molar-refractivity contribution in [3.63, 3.8) is 0 Å². The Bertz CT molecular complexity index is 584. The quantitative estimate of drug-likeness (QED) is 0.794. The second kappa shape index (κ2) is 5.42. The molecule has 0 saturated carbocycles. The molecule has 1 aromatic rings. The first-order valence-corrected chi connectivity index (χ1v) is 7.50. The summed E-state index contributed by atoms with van der Waals surface area (Å²) in [6.45, 7) is 2.16. The fourth-order valence-electron chi connectivity index (χ4n) is 3.41. The molecule has 0 spiro atoms. The summed E-state index contributed by atoms with van der Waals surface area (Å²) in [6.07, 6.45) is 4.58. The summed E-state index contributed by atoms with van der Waals surface area (Å²) in [5.74, 6) is 0.320. The summed E-state index contributed by atoms with van der Waals surface area (Å²) in [4.78, 5) is 31.8. The van der Waals surface area contributed by atoms with Crippen molar-refractivity contribution in [3.8, 4) is 0 Å². The number of fused-ring (bicyclic) bond motifs is 1. The predicted molar refractivity (Wildman–Crippen MR) is 77.4 cm³/mol. The van der Waals surface area contributed by atoms with Crippen LogP contribution in [-0.2, 0) is 22.4 Å². The Hall–Kier alpha value is -1.98. The Morgan fingerprint density at radius 2 is 1.95 bits per heavy atom. The minimum Gasteiger partial charge on any atom is -0.368 e. The van der Waals surface area contributed by atoms with Gasteiger partial charge in [0.15, 0.2) is 0 Å². The SMILES string of the molecule is CC1CCCc2c(CC3CC(=O)NC(=O)C3)nc(N)nc21. The van der Waals surface area contributed by atoms with Crippen LogP contribution in [0.3, 0.4) is 0 Å². The molecule has 21 heavy (non-hydrogen) atoms. The molecule has 2 amide bonds. The van der Waals surface area contributed by atoms with Crippen LogP contribution in [0.4, 0.5) is 5.95 Å². The van der Waals surface area contributed by atoms with E-state index in [2.05, 4.69) is 22.2 Å². The number of nitrogens with zero attached hydrogens (tertiary/aromatic N) is 2. The number of hydrogen-bond donors (Lipinski definition) is 2. The summed E-state index contributed by atoms with van der Waals surface area (Å²) < 4.78 is 0. The van der Waals surface area contributed by atoms with Gasteiger partial charge in [0.1, 0.15) is 0 Å². The van der Waals surface area contributed by atoms with Gasteiger partial charge in [0.25, 0.3) is 0 Å². The number of nitrogens with one attached hydrogen (secondary N) is 1. The average molecular weight is 288 g/mol. The van der Waals surface area contributed by atoms with Crippen molar-refractivity contribution in [2.45, 2.75) is 51.4 Å². The first-order chi connectivity index (χ1) is 10.0. The van der Waals surface area contributed by atoms with Gasteiger partial charge in [-0.2, -0.15) is 0 Å². The van der Waals surface area contributed by atoms with Crippen LogP contribution in [0.5, 0.6) is 0 Å². The van der Waals surface area contributed by atoms with E-state index in [0.717, 1.165) is 30.7 Å². The van der Waals surface area contributed by atoms with Gasteiger partial charge < -0.3 is 5.73 Å². The third-order valence-electron chi connectivity index (χ3n) is 4.38. The van der Waals surface area contributed by atoms with E-state index in [1.165, 1.54) is 5.56 Å². The number of piperidine rings is 1. The van der Waals surface area contributed by atoms with Gasteiger partial charge in [0.05, 0.1) is 5.69 Å². The lowest BCUT2D eigenvalue weighted by atomic mass is 9.84. The topological polar surface area (TPSA) is 98.0 Å². The molecule has 3 N–H and O–H groups in total. The molecule has 2 heterocycles. The molecule has 2 aliphatic rings. The van der Waals surface area contributed by atoms with E-state index in [4.69, 9.17) is 5.73 Å². The van der Waals surface area contributed by atoms with E-state index in [-0.39, 0.29) is 17.7 Å². The lowest BCUT2D eigenvalue weighted by molar-refractivity contribution is -0.134. The molecule has 3 rings (SSSR count). The normalized spacial score (nSPS) is 22.8. The molecule has 6 heteroatoms. The van der Waals surface area contributed by atoms with E-state index in [0.29, 0.717) is 31.1 Å². The second-order valence-corrected chi connectivity index (χ2v) is 6.14. The van der Waals surface area contributed by atoms with Crippen LogP contribution in [0.2, 0.25) is 0 Å². The molecule has 1 fully saturated rings. The van der Waals surface area contributed by atoms with Gasteiger partial charge in [-0.15, -0.1) is 0 Å². The zero-order valence-electron chi connectivity index (χ0n) is 12.2. The highest BCUT2D eigenvalue weighted by Gasteiger charge is 2.28. The smallest absolute Gasteiger partial charge is 0.226 e. The van der Waals surface area contributed by atoms with E-state index >= 15 is 0 Å². The molecule has 1 saturated heterocycles. The zero-order chi connectivity index (χ0) is 15.0. The van der Waals surface area contributed by atoms with Gasteiger partial charge in [0.2, 0.25) is 17.8 Å². The van der Waals surface area contributed by atoms with E-state index in [1.54, 1.807) is 0 Å². The van der Waals surface area contributed by atoms with Gasteiger partial charge in [-0.3, -0.25) is 14.9 Å². The van der Waals surface area contributed by atoms with Gasteiger partial charge in [-0.1, -0.05) is 6.92 Å². The number of anilines is 1. The molecule has 1 atom stereocenters. The van der Waals surface area contributed by atoms with Crippen molar-refractivity contribution in [1.29, 1.82) is 0 Å². The number of carbonyl (C=O) groups is 2. The monoisotopic (exact) mass is 288 g/mol. The van der Waals surface area contributed by atoms with Crippen molar-refractivity contribution in [1.82, 2.24) is 15.3 Å². The Labute approximate surface area is 123 Å². The molecule has 1 aliphatic heterocycles. The standard InChI is InChI=1S/C15H20N4O2/c1-8-3-2-4-10-11(17-15(16)19-14(8)10)5-9-6-12(20)18-13(21)7-9/h8-9H,2-7H2,1H3,(H2,16,17,19)(H,18,20,21). The first-order valence-electron chi connectivity index (χ1n) is 7.50. The molecule has 1 aromatic heterocycles. The number of carbonyl (C=O) groups excluding carboxylic acids is 2. The number of amides is 2. The molecule has 0 aromatic carbocycles. The third kappa shape index (κ3) is 2.89. The van der Waals surface area contributed by atoms with Gasteiger partial charge in [-0.25, -0.2) is 9.97 Å². The van der Waals surface area contributed by atoms with E-state index < -0.39 is 0 Å². The highest BCUT2D eigenvalue weighted by Crippen LogP contribution is 2.33. The summed E-state index contributed by atoms with van der Waals surface area (Å²) in [5, 5.41) is 2.34. The van der Waals surface area contributed by atoms with Crippen LogP contribution in [0.1, 0.15) is 55.5 Å². The van der Waals surface area contributed by atoms with Gasteiger partial charge in [-0.05, 0) is 43.1 Å². The van der Waals surface area contributed by atoms with Crippen molar-refractivity contribution >= 4 is 17.8 Å². The Morgan fingerprint density at radius 3 is 2.67 bits per heavy atom. The molecular formula is C15H20N4O2. The molecular weight excluding hydrogens is 268 g/mol. The van der Waals surface area contributed by atoms with Crippen LogP contribution in [-0.4, -0.2) is 21.8 Å². The van der Waals surface area contributed by atoms with Crippen molar-refractivity contribution < 1.29 is 9.59 Å². The zero-order valence-corrected chi connectivity index (χ0v) is 12.2. The molecule has 6 nitrogen and oxygen atoms in total. The van der Waals surface area contributed by atoms with Gasteiger partial charge >= 0.3 is 0 Å². The number of imide groups is 1. The number of hydrogen-bond acceptors (Lipinski definition) is 5. The fraction of sp³-hybridized carbons (Fsp3) is 0.600. The average Bonchev–Trinajstić information content (AvgIpc) is 2.39. The van der Waals surface area contributed by atoms with Crippen LogP contribution in [0, 0.1) is 5.92 Å². The Balaban J connectivity index is 1.88. The maximum atomic E-state index is 11.5. The van der Waals surface area contributed by atoms with Gasteiger partial charge in [0, 0.05) is 18.5 Å². The highest BCUT2D eigenvalue weighted by atomic mass is 16.2. The summed E-state index contributed by atoms with van der Waals surface area (Å²) >= 11 is 0. The van der Waals surface area contributed by atoms with Crippen LogP contribution in [0.15, 0.2) is 0 Å². The lowest BCUT2D eigenvalue weighted by Crippen LogP contribution is -2.39. The molecule has 1 aliphatic carbocycles. The number of nitrogens with two attached hydrogens (primary N) is 1. The number of aromatic nitrogens is 2. The summed E-state index contributed by atoms with van der Waals surface area (Å²) in [6, 6.07) is 0. The summed E-state index contributed by atoms with van der Waals surface area (Å²) in [5.41, 5.74) is 9.00. The second-order valence-electron chi connectivity index (χ2n) is 6.14. The Kier molecular flexibility index (Phi) is 3.61.